The minimum Gasteiger partial charge on any atom is -0.460 e. The first kappa shape index (κ1) is 18.3. The van der Waals surface area contributed by atoms with Gasteiger partial charge >= 0.3 is 0 Å². The number of anilines is 1. The molecular formula is C19H22N3O4. The van der Waals surface area contributed by atoms with E-state index in [0.717, 1.165) is 0 Å². The molecule has 0 unspecified atom stereocenters. The largest absolute Gasteiger partial charge is 0.460 e. The number of furan rings is 1. The summed E-state index contributed by atoms with van der Waals surface area (Å²) in [5.74, 6) is 0.0251. The van der Waals surface area contributed by atoms with Gasteiger partial charge in [-0.15, -0.1) is 0 Å². The number of aliphatic hydroxyl groups is 2. The smallest absolute Gasteiger partial charge is 0.233 e. The van der Waals surface area contributed by atoms with Crippen LogP contribution in [0.2, 0.25) is 0 Å². The summed E-state index contributed by atoms with van der Waals surface area (Å²) in [5, 5.41) is 23.1. The Kier molecular flexibility index (Phi) is 5.20. The molecule has 0 spiro atoms. The Morgan fingerprint density at radius 3 is 2.88 bits per heavy atom. The fourth-order valence-electron chi connectivity index (χ4n) is 3.06. The van der Waals surface area contributed by atoms with Gasteiger partial charge in [0.25, 0.3) is 0 Å². The Balaban J connectivity index is 1.81. The lowest BCUT2D eigenvalue weighted by molar-refractivity contribution is 0.101. The van der Waals surface area contributed by atoms with Crippen molar-refractivity contribution >= 4 is 11.6 Å². The van der Waals surface area contributed by atoms with Crippen molar-refractivity contribution in [2.45, 2.75) is 38.0 Å². The highest BCUT2D eigenvalue weighted by molar-refractivity contribution is 6.10. The van der Waals surface area contributed by atoms with Crippen LogP contribution < -0.4 is 5.32 Å². The maximum absolute atomic E-state index is 12.8. The summed E-state index contributed by atoms with van der Waals surface area (Å²) < 4.78 is 5.33. The van der Waals surface area contributed by atoms with Crippen molar-refractivity contribution in [2.75, 3.05) is 5.32 Å². The summed E-state index contributed by atoms with van der Waals surface area (Å²) >= 11 is 0. The van der Waals surface area contributed by atoms with Crippen molar-refractivity contribution in [1.82, 2.24) is 9.97 Å². The van der Waals surface area contributed by atoms with Gasteiger partial charge in [0.2, 0.25) is 5.78 Å². The third kappa shape index (κ3) is 3.68. The molecule has 1 saturated carbocycles. The number of nitrogens with zero attached hydrogens (tertiary/aromatic N) is 2. The molecule has 4 atom stereocenters. The maximum Gasteiger partial charge on any atom is 0.233 e. The van der Waals surface area contributed by atoms with Crippen molar-refractivity contribution in [1.29, 1.82) is 0 Å². The molecule has 0 aliphatic heterocycles. The Hall–Kier alpha value is -2.51. The van der Waals surface area contributed by atoms with Crippen molar-refractivity contribution in [3.8, 4) is 0 Å². The first-order chi connectivity index (χ1) is 12.4. The molecule has 1 aliphatic rings. The minimum atomic E-state index is -0.890. The normalized spacial score (nSPS) is 23.6. The summed E-state index contributed by atoms with van der Waals surface area (Å²) in [6.07, 6.45) is 3.98. The van der Waals surface area contributed by atoms with Crippen molar-refractivity contribution in [2.24, 2.45) is 5.92 Å². The average molecular weight is 356 g/mol. The van der Waals surface area contributed by atoms with Gasteiger partial charge in [-0.3, -0.25) is 4.79 Å². The monoisotopic (exact) mass is 356 g/mol. The van der Waals surface area contributed by atoms with Crippen molar-refractivity contribution in [3.05, 3.63) is 60.8 Å². The predicted molar refractivity (Wildman–Crippen MR) is 95.4 cm³/mol. The summed E-state index contributed by atoms with van der Waals surface area (Å²) in [6, 6.07) is 1.47. The zero-order chi connectivity index (χ0) is 18.8. The van der Waals surface area contributed by atoms with E-state index in [1.807, 2.05) is 0 Å². The molecule has 7 nitrogen and oxygen atoms in total. The fraction of sp³-hybridized carbons (Fsp3) is 0.368. The number of ketones is 1. The van der Waals surface area contributed by atoms with Crippen LogP contribution in [0.15, 0.2) is 41.4 Å². The number of carbonyl (C=O) groups excluding carboxylic acids is 1. The Morgan fingerprint density at radius 2 is 2.23 bits per heavy atom. The average Bonchev–Trinajstić information content (AvgIpc) is 3.21. The molecule has 0 bridgehead atoms. The second kappa shape index (κ2) is 7.39. The van der Waals surface area contributed by atoms with E-state index in [0.29, 0.717) is 29.8 Å². The predicted octanol–water partition coefficient (Wildman–Crippen LogP) is 2.30. The molecule has 1 aliphatic carbocycles. The van der Waals surface area contributed by atoms with Crippen LogP contribution in [0.3, 0.4) is 0 Å². The maximum atomic E-state index is 12.8. The van der Waals surface area contributed by atoms with E-state index >= 15 is 0 Å². The lowest BCUT2D eigenvalue weighted by Gasteiger charge is -2.14. The third-order valence-electron chi connectivity index (χ3n) is 4.58. The molecule has 3 rings (SSSR count). The fourth-order valence-corrected chi connectivity index (χ4v) is 3.06. The molecule has 0 saturated heterocycles. The van der Waals surface area contributed by atoms with Gasteiger partial charge in [-0.25, -0.2) is 9.97 Å². The van der Waals surface area contributed by atoms with Gasteiger partial charge in [0.05, 0.1) is 17.9 Å². The van der Waals surface area contributed by atoms with Crippen molar-refractivity contribution < 1.29 is 19.4 Å². The molecule has 0 amide bonds. The second-order valence-corrected chi connectivity index (χ2v) is 6.75. The van der Waals surface area contributed by atoms with E-state index in [1.165, 1.54) is 24.9 Å². The molecule has 0 aromatic carbocycles. The molecule has 26 heavy (non-hydrogen) atoms. The van der Waals surface area contributed by atoms with Crippen LogP contribution in [-0.4, -0.2) is 38.1 Å². The SMILES string of the molecule is [CH2][C@@H]1C[C@@H](Nc2ncncc2C(=O)c2cc([C@@H](O)C(=C)C)co2)C[C@@H]1O. The van der Waals surface area contributed by atoms with E-state index in [9.17, 15) is 15.0 Å². The number of hydrogen-bond donors (Lipinski definition) is 3. The van der Waals surface area contributed by atoms with E-state index in [1.54, 1.807) is 6.92 Å². The van der Waals surface area contributed by atoms with Crippen LogP contribution in [0.4, 0.5) is 5.82 Å². The van der Waals surface area contributed by atoms with Crippen LogP contribution in [0.1, 0.15) is 47.6 Å². The second-order valence-electron chi connectivity index (χ2n) is 6.75. The third-order valence-corrected chi connectivity index (χ3v) is 4.58. The van der Waals surface area contributed by atoms with E-state index in [2.05, 4.69) is 28.8 Å². The zero-order valence-electron chi connectivity index (χ0n) is 14.6. The van der Waals surface area contributed by atoms with Gasteiger partial charge in [0.15, 0.2) is 5.76 Å². The Bertz CT molecular complexity index is 807. The first-order valence-corrected chi connectivity index (χ1v) is 8.41. The van der Waals surface area contributed by atoms with Crippen LogP contribution >= 0.6 is 0 Å². The lowest BCUT2D eigenvalue weighted by Crippen LogP contribution is -2.20. The van der Waals surface area contributed by atoms with Gasteiger partial charge in [0, 0.05) is 17.8 Å². The van der Waals surface area contributed by atoms with Crippen LogP contribution in [0, 0.1) is 12.8 Å². The molecule has 1 fully saturated rings. The highest BCUT2D eigenvalue weighted by Gasteiger charge is 2.31. The number of nitrogens with one attached hydrogen (secondary N) is 1. The molecule has 2 aromatic rings. The minimum absolute atomic E-state index is 0.0219. The number of carbonyl (C=O) groups is 1. The number of hydrogen-bond acceptors (Lipinski definition) is 7. The molecule has 1 radical (unpaired) electrons. The molecule has 2 heterocycles. The van der Waals surface area contributed by atoms with E-state index < -0.39 is 18.0 Å². The zero-order valence-corrected chi connectivity index (χ0v) is 14.6. The van der Waals surface area contributed by atoms with E-state index in [-0.39, 0.29) is 23.3 Å². The van der Waals surface area contributed by atoms with Crippen molar-refractivity contribution in [3.63, 3.8) is 0 Å². The van der Waals surface area contributed by atoms with Gasteiger partial charge in [-0.1, -0.05) is 6.58 Å². The van der Waals surface area contributed by atoms with Crippen LogP contribution in [0.25, 0.3) is 0 Å². The molecule has 7 heteroatoms. The molecule has 137 valence electrons. The Morgan fingerprint density at radius 1 is 1.46 bits per heavy atom. The molecular weight excluding hydrogens is 334 g/mol. The van der Waals surface area contributed by atoms with Crippen LogP contribution in [-0.2, 0) is 0 Å². The van der Waals surface area contributed by atoms with Gasteiger partial charge in [-0.2, -0.15) is 0 Å². The number of aromatic nitrogens is 2. The molecule has 2 aromatic heterocycles. The van der Waals surface area contributed by atoms with Gasteiger partial charge in [-0.05, 0) is 44.2 Å². The summed E-state index contributed by atoms with van der Waals surface area (Å²) in [6.45, 7) is 9.30. The topological polar surface area (TPSA) is 108 Å². The summed E-state index contributed by atoms with van der Waals surface area (Å²) in [7, 11) is 0. The quantitative estimate of drug-likeness (QED) is 0.538. The number of aliphatic hydroxyl groups excluding tert-OH is 2. The first-order valence-electron chi connectivity index (χ1n) is 8.41. The highest BCUT2D eigenvalue weighted by Crippen LogP contribution is 2.29. The van der Waals surface area contributed by atoms with Crippen LogP contribution in [0.5, 0.6) is 0 Å². The summed E-state index contributed by atoms with van der Waals surface area (Å²) in [4.78, 5) is 20.9. The molecule has 3 N–H and O–H groups in total. The van der Waals surface area contributed by atoms with Gasteiger partial charge in [0.1, 0.15) is 18.2 Å². The Labute approximate surface area is 151 Å². The standard InChI is InChI=1S/C19H22N3O4/c1-10(2)17(24)12-5-16(26-8-12)18(25)14-7-20-9-21-19(14)22-13-4-11(3)15(23)6-13/h5,7-9,11,13,15,17,23-24H,1,3-4,6H2,2H3,(H,20,21,22)/t11-,13-,15+,17+/m1/s1. The van der Waals surface area contributed by atoms with E-state index in [4.69, 9.17) is 4.42 Å². The number of rotatable bonds is 6. The lowest BCUT2D eigenvalue weighted by atomic mass is 10.1. The highest BCUT2D eigenvalue weighted by atomic mass is 16.3. The summed E-state index contributed by atoms with van der Waals surface area (Å²) in [5.41, 5.74) is 1.28. The van der Waals surface area contributed by atoms with Gasteiger partial charge < -0.3 is 19.9 Å².